The zero-order chi connectivity index (χ0) is 19.9. The lowest BCUT2D eigenvalue weighted by Crippen LogP contribution is -2.29. The van der Waals surface area contributed by atoms with Gasteiger partial charge in [0.2, 0.25) is 0 Å². The number of carbonyl (C=O) groups excluding carboxylic acids is 1. The number of nitrogens with zero attached hydrogens (tertiary/aromatic N) is 2. The largest absolute Gasteiger partial charge is 0.478 e. The van der Waals surface area contributed by atoms with Crippen molar-refractivity contribution in [2.45, 2.75) is 0 Å². The standard InChI is InChI=1S/C22H18N2O3S/c1-2-14-24-20(25)19(13-6-10-16-8-4-3-5-9-16)28-22(24)23-18-12-7-11-17(15-18)21(26)27/h2-13,15H,1,14H2,(H,26,27)/b10-6+,19-13-,23-22?. The zero-order valence-corrected chi connectivity index (χ0v) is 15.8. The lowest BCUT2D eigenvalue weighted by Gasteiger charge is -2.12. The van der Waals surface area contributed by atoms with Gasteiger partial charge in [0.05, 0.1) is 16.2 Å². The number of rotatable bonds is 6. The van der Waals surface area contributed by atoms with Crippen molar-refractivity contribution < 1.29 is 14.7 Å². The van der Waals surface area contributed by atoms with E-state index in [1.807, 2.05) is 42.5 Å². The molecule has 1 heterocycles. The number of carboxylic acid groups (broad SMARTS) is 1. The molecule has 0 aliphatic carbocycles. The molecular formula is C22H18N2O3S. The summed E-state index contributed by atoms with van der Waals surface area (Å²) in [6.45, 7) is 4.02. The second-order valence-corrected chi connectivity index (χ2v) is 6.87. The topological polar surface area (TPSA) is 70.0 Å². The van der Waals surface area contributed by atoms with Crippen LogP contribution in [-0.4, -0.2) is 33.6 Å². The maximum absolute atomic E-state index is 12.7. The molecule has 1 amide bonds. The van der Waals surface area contributed by atoms with Crippen LogP contribution in [0.2, 0.25) is 0 Å². The fourth-order valence-electron chi connectivity index (χ4n) is 2.53. The maximum atomic E-state index is 12.7. The van der Waals surface area contributed by atoms with Crippen molar-refractivity contribution in [2.24, 2.45) is 4.99 Å². The van der Waals surface area contributed by atoms with Gasteiger partial charge in [0, 0.05) is 6.54 Å². The molecule has 0 aromatic heterocycles. The lowest BCUT2D eigenvalue weighted by atomic mass is 10.2. The number of benzene rings is 2. The van der Waals surface area contributed by atoms with E-state index in [1.165, 1.54) is 28.8 Å². The predicted octanol–water partition coefficient (Wildman–Crippen LogP) is 4.73. The molecule has 3 rings (SSSR count). The number of carbonyl (C=O) groups is 2. The minimum absolute atomic E-state index is 0.146. The molecule has 0 atom stereocenters. The molecule has 6 heteroatoms. The van der Waals surface area contributed by atoms with Crippen LogP contribution < -0.4 is 0 Å². The summed E-state index contributed by atoms with van der Waals surface area (Å²) in [5.41, 5.74) is 1.66. The molecule has 1 N–H and O–H groups in total. The number of aliphatic imine (C=N–C) groups is 1. The number of thioether (sulfide) groups is 1. The average molecular weight is 390 g/mol. The van der Waals surface area contributed by atoms with Crippen molar-refractivity contribution in [2.75, 3.05) is 6.54 Å². The Labute approximate surface area is 167 Å². The molecule has 1 saturated heterocycles. The minimum Gasteiger partial charge on any atom is -0.478 e. The Bertz CT molecular complexity index is 994. The first-order chi connectivity index (χ1) is 13.6. The van der Waals surface area contributed by atoms with Crippen molar-refractivity contribution in [1.82, 2.24) is 4.90 Å². The normalized spacial score (nSPS) is 17.0. The fourth-order valence-corrected chi connectivity index (χ4v) is 3.48. The van der Waals surface area contributed by atoms with Crippen molar-refractivity contribution in [3.05, 3.63) is 95.4 Å². The SMILES string of the molecule is C=CCN1C(=O)/C(=C/C=C/c2ccccc2)SC1=Nc1cccc(C(=O)O)c1. The van der Waals surface area contributed by atoms with Gasteiger partial charge >= 0.3 is 5.97 Å². The molecule has 140 valence electrons. The number of hydrogen-bond acceptors (Lipinski definition) is 4. The van der Waals surface area contributed by atoms with E-state index in [0.29, 0.717) is 22.3 Å². The zero-order valence-electron chi connectivity index (χ0n) is 15.0. The van der Waals surface area contributed by atoms with E-state index in [2.05, 4.69) is 11.6 Å². The highest BCUT2D eigenvalue weighted by Crippen LogP contribution is 2.33. The molecule has 0 saturated carbocycles. The molecule has 1 aliphatic rings. The van der Waals surface area contributed by atoms with Gasteiger partial charge in [0.25, 0.3) is 5.91 Å². The highest BCUT2D eigenvalue weighted by molar-refractivity contribution is 8.18. The number of hydrogen-bond donors (Lipinski definition) is 1. The van der Waals surface area contributed by atoms with E-state index >= 15 is 0 Å². The van der Waals surface area contributed by atoms with Crippen LogP contribution in [0.25, 0.3) is 6.08 Å². The summed E-state index contributed by atoms with van der Waals surface area (Å²) < 4.78 is 0. The Morgan fingerprint density at radius 2 is 1.96 bits per heavy atom. The highest BCUT2D eigenvalue weighted by atomic mass is 32.2. The van der Waals surface area contributed by atoms with Crippen LogP contribution in [0.3, 0.4) is 0 Å². The van der Waals surface area contributed by atoms with Gasteiger partial charge in [-0.3, -0.25) is 9.69 Å². The fraction of sp³-hybridized carbons (Fsp3) is 0.0455. The summed E-state index contributed by atoms with van der Waals surface area (Å²) in [4.78, 5) is 30.4. The van der Waals surface area contributed by atoms with Crippen LogP contribution in [-0.2, 0) is 4.79 Å². The Balaban J connectivity index is 1.87. The second kappa shape index (κ2) is 9.01. The van der Waals surface area contributed by atoms with Crippen molar-refractivity contribution >= 4 is 40.6 Å². The number of amidine groups is 1. The molecule has 2 aromatic carbocycles. The van der Waals surface area contributed by atoms with E-state index in [0.717, 1.165) is 5.56 Å². The Morgan fingerprint density at radius 1 is 1.18 bits per heavy atom. The summed E-state index contributed by atoms with van der Waals surface area (Å²) in [6.07, 6.45) is 7.14. The summed E-state index contributed by atoms with van der Waals surface area (Å²) >= 11 is 1.25. The van der Waals surface area contributed by atoms with Gasteiger partial charge in [-0.15, -0.1) is 6.58 Å². The molecule has 0 bridgehead atoms. The summed E-state index contributed by atoms with van der Waals surface area (Å²) in [5, 5.41) is 9.63. The van der Waals surface area contributed by atoms with E-state index in [-0.39, 0.29) is 11.5 Å². The number of aromatic carboxylic acids is 1. The first-order valence-electron chi connectivity index (χ1n) is 8.54. The van der Waals surface area contributed by atoms with Crippen LogP contribution in [0.4, 0.5) is 5.69 Å². The van der Waals surface area contributed by atoms with Crippen LogP contribution in [0.5, 0.6) is 0 Å². The Kier molecular flexibility index (Phi) is 6.24. The third-order valence-electron chi connectivity index (χ3n) is 3.85. The molecule has 0 unspecified atom stereocenters. The molecule has 1 fully saturated rings. The third kappa shape index (κ3) is 4.66. The van der Waals surface area contributed by atoms with Crippen LogP contribution >= 0.6 is 11.8 Å². The number of amides is 1. The van der Waals surface area contributed by atoms with E-state index in [1.54, 1.807) is 24.3 Å². The lowest BCUT2D eigenvalue weighted by molar-refractivity contribution is -0.121. The van der Waals surface area contributed by atoms with Gasteiger partial charge in [-0.1, -0.05) is 54.6 Å². The van der Waals surface area contributed by atoms with Gasteiger partial charge in [0.15, 0.2) is 5.17 Å². The first kappa shape index (κ1) is 19.4. The van der Waals surface area contributed by atoms with Gasteiger partial charge in [-0.2, -0.15) is 0 Å². The molecule has 5 nitrogen and oxygen atoms in total. The van der Waals surface area contributed by atoms with Crippen LogP contribution in [0.1, 0.15) is 15.9 Å². The van der Waals surface area contributed by atoms with E-state index in [9.17, 15) is 9.59 Å². The molecule has 0 radical (unpaired) electrons. The Morgan fingerprint density at radius 3 is 2.68 bits per heavy atom. The summed E-state index contributed by atoms with van der Waals surface area (Å²) in [6, 6.07) is 16.1. The van der Waals surface area contributed by atoms with Gasteiger partial charge < -0.3 is 5.11 Å². The second-order valence-electron chi connectivity index (χ2n) is 5.86. The monoisotopic (exact) mass is 390 g/mol. The smallest absolute Gasteiger partial charge is 0.335 e. The van der Waals surface area contributed by atoms with E-state index < -0.39 is 5.97 Å². The van der Waals surface area contributed by atoms with Gasteiger partial charge in [-0.25, -0.2) is 9.79 Å². The predicted molar refractivity (Wildman–Crippen MR) is 114 cm³/mol. The molecule has 2 aromatic rings. The Hall–Kier alpha value is -3.38. The summed E-state index contributed by atoms with van der Waals surface area (Å²) in [5.74, 6) is -1.18. The van der Waals surface area contributed by atoms with Crippen LogP contribution in [0, 0.1) is 0 Å². The quantitative estimate of drug-likeness (QED) is 0.572. The van der Waals surface area contributed by atoms with Crippen molar-refractivity contribution in [1.29, 1.82) is 0 Å². The van der Waals surface area contributed by atoms with Gasteiger partial charge in [0.1, 0.15) is 0 Å². The van der Waals surface area contributed by atoms with Crippen molar-refractivity contribution in [3.63, 3.8) is 0 Å². The number of allylic oxidation sites excluding steroid dienone is 2. The maximum Gasteiger partial charge on any atom is 0.335 e. The molecule has 28 heavy (non-hydrogen) atoms. The average Bonchev–Trinajstić information content (AvgIpc) is 2.98. The van der Waals surface area contributed by atoms with Gasteiger partial charge in [-0.05, 0) is 41.6 Å². The third-order valence-corrected chi connectivity index (χ3v) is 4.88. The molecule has 1 aliphatic heterocycles. The molecule has 0 spiro atoms. The first-order valence-corrected chi connectivity index (χ1v) is 9.36. The number of carboxylic acids is 1. The van der Waals surface area contributed by atoms with E-state index in [4.69, 9.17) is 5.11 Å². The molecular weight excluding hydrogens is 372 g/mol. The van der Waals surface area contributed by atoms with Crippen LogP contribution in [0.15, 0.2) is 89.3 Å². The minimum atomic E-state index is -1.02. The summed E-state index contributed by atoms with van der Waals surface area (Å²) in [7, 11) is 0. The highest BCUT2D eigenvalue weighted by Gasteiger charge is 2.32. The van der Waals surface area contributed by atoms with Crippen molar-refractivity contribution in [3.8, 4) is 0 Å².